The fourth-order valence-electron chi connectivity index (χ4n) is 1.47. The van der Waals surface area contributed by atoms with Crippen molar-refractivity contribution >= 4 is 50.5 Å². The average Bonchev–Trinajstić information content (AvgIpc) is 2.58. The zero-order valence-corrected chi connectivity index (χ0v) is 12.7. The summed E-state index contributed by atoms with van der Waals surface area (Å²) < 4.78 is 13.7. The number of thiophene rings is 1. The number of rotatable bonds is 2. The lowest BCUT2D eigenvalue weighted by molar-refractivity contribution is 0.627. The second kappa shape index (κ2) is 5.27. The number of aryl methyl sites for hydroxylation is 1. The van der Waals surface area contributed by atoms with E-state index in [-0.39, 0.29) is 10.6 Å². The maximum Gasteiger partial charge on any atom is 0.124 e. The summed E-state index contributed by atoms with van der Waals surface area (Å²) >= 11 is 17.1. The van der Waals surface area contributed by atoms with Crippen molar-refractivity contribution in [1.82, 2.24) is 0 Å². The Morgan fingerprint density at radius 2 is 2.00 bits per heavy atom. The third-order valence-corrected chi connectivity index (χ3v) is 5.60. The van der Waals surface area contributed by atoms with E-state index in [9.17, 15) is 4.39 Å². The first-order chi connectivity index (χ1) is 7.99. The van der Waals surface area contributed by atoms with Gasteiger partial charge in [0.25, 0.3) is 0 Å². The molecule has 0 bridgehead atoms. The molecule has 1 heterocycles. The van der Waals surface area contributed by atoms with Gasteiger partial charge in [0.2, 0.25) is 0 Å². The molecular weight excluding hydrogens is 346 g/mol. The molecule has 1 unspecified atom stereocenters. The predicted octanol–water partition coefficient (Wildman–Crippen LogP) is 5.99. The van der Waals surface area contributed by atoms with Crippen molar-refractivity contribution in [3.63, 3.8) is 0 Å². The summed E-state index contributed by atoms with van der Waals surface area (Å²) in [4.78, 5) is 0.993. The molecule has 0 aliphatic carbocycles. The number of hydrogen-bond donors (Lipinski definition) is 0. The van der Waals surface area contributed by atoms with Crippen LogP contribution in [0, 0.1) is 12.7 Å². The lowest BCUT2D eigenvalue weighted by atomic mass is 10.1. The lowest BCUT2D eigenvalue weighted by Gasteiger charge is -2.10. The largest absolute Gasteiger partial charge is 0.207 e. The molecule has 5 heteroatoms. The van der Waals surface area contributed by atoms with E-state index >= 15 is 0 Å². The first-order valence-corrected chi connectivity index (χ1v) is 7.32. The third-order valence-electron chi connectivity index (χ3n) is 2.36. The van der Waals surface area contributed by atoms with Crippen molar-refractivity contribution in [2.75, 3.05) is 0 Å². The van der Waals surface area contributed by atoms with Crippen LogP contribution >= 0.6 is 50.5 Å². The Bertz CT molecular complexity index is 534. The maximum absolute atomic E-state index is 13.0. The number of alkyl halides is 1. The van der Waals surface area contributed by atoms with Crippen LogP contribution in [-0.2, 0) is 0 Å². The quantitative estimate of drug-likeness (QED) is 0.582. The van der Waals surface area contributed by atoms with Gasteiger partial charge >= 0.3 is 0 Å². The van der Waals surface area contributed by atoms with Crippen LogP contribution in [0.2, 0.25) is 9.36 Å². The van der Waals surface area contributed by atoms with E-state index in [1.54, 1.807) is 6.07 Å². The minimum Gasteiger partial charge on any atom is -0.207 e. The molecule has 0 fully saturated rings. The van der Waals surface area contributed by atoms with Gasteiger partial charge in [0.1, 0.15) is 5.82 Å². The van der Waals surface area contributed by atoms with Gasteiger partial charge in [-0.25, -0.2) is 4.39 Å². The van der Waals surface area contributed by atoms with Crippen LogP contribution in [0.5, 0.6) is 0 Å². The van der Waals surface area contributed by atoms with Gasteiger partial charge in [-0.1, -0.05) is 45.2 Å². The molecular formula is C12H8BrCl2FS. The van der Waals surface area contributed by atoms with Crippen molar-refractivity contribution in [3.05, 3.63) is 55.4 Å². The van der Waals surface area contributed by atoms with Gasteiger partial charge in [0.15, 0.2) is 0 Å². The monoisotopic (exact) mass is 352 g/mol. The number of halogens is 4. The van der Waals surface area contributed by atoms with E-state index in [0.717, 1.165) is 20.3 Å². The van der Waals surface area contributed by atoms with Crippen LogP contribution in [-0.4, -0.2) is 0 Å². The Balaban J connectivity index is 2.39. The van der Waals surface area contributed by atoms with Crippen molar-refractivity contribution < 1.29 is 4.39 Å². The fraction of sp³-hybridized carbons (Fsp3) is 0.167. The van der Waals surface area contributed by atoms with Crippen LogP contribution in [0.15, 0.2) is 24.3 Å². The molecule has 1 aromatic carbocycles. The SMILES string of the molecule is Cc1cc(C(Br)c2ccc(F)cc2Cl)sc1Cl. The molecule has 0 nitrogen and oxygen atoms in total. The van der Waals surface area contributed by atoms with E-state index in [4.69, 9.17) is 23.2 Å². The van der Waals surface area contributed by atoms with Gasteiger partial charge in [-0.3, -0.25) is 0 Å². The molecule has 2 aromatic rings. The maximum atomic E-state index is 13.0. The zero-order chi connectivity index (χ0) is 12.6. The molecule has 0 aliphatic rings. The molecule has 0 aliphatic heterocycles. The van der Waals surface area contributed by atoms with E-state index in [2.05, 4.69) is 15.9 Å². The summed E-state index contributed by atoms with van der Waals surface area (Å²) in [6.07, 6.45) is 0. The zero-order valence-electron chi connectivity index (χ0n) is 8.81. The molecule has 0 N–H and O–H groups in total. The third kappa shape index (κ3) is 2.84. The smallest absolute Gasteiger partial charge is 0.124 e. The number of benzene rings is 1. The Kier molecular flexibility index (Phi) is 4.14. The highest BCUT2D eigenvalue weighted by Crippen LogP contribution is 2.41. The second-order valence-electron chi connectivity index (χ2n) is 3.63. The van der Waals surface area contributed by atoms with Gasteiger partial charge < -0.3 is 0 Å². The molecule has 0 saturated carbocycles. The molecule has 1 atom stereocenters. The summed E-state index contributed by atoms with van der Waals surface area (Å²) in [5.74, 6) is -0.334. The van der Waals surface area contributed by atoms with Crippen LogP contribution in [0.1, 0.15) is 20.8 Å². The molecule has 0 radical (unpaired) electrons. The normalized spacial score (nSPS) is 12.8. The Hall–Kier alpha value is -0.0900. The van der Waals surface area contributed by atoms with Gasteiger partial charge in [-0.05, 0) is 36.2 Å². The Morgan fingerprint density at radius 1 is 1.29 bits per heavy atom. The summed E-state index contributed by atoms with van der Waals surface area (Å²) in [6, 6.07) is 6.40. The summed E-state index contributed by atoms with van der Waals surface area (Å²) in [5.41, 5.74) is 1.88. The van der Waals surface area contributed by atoms with Gasteiger partial charge in [-0.15, -0.1) is 11.3 Å². The summed E-state index contributed by atoms with van der Waals surface area (Å²) in [5, 5.41) is 0.411. The summed E-state index contributed by atoms with van der Waals surface area (Å²) in [7, 11) is 0. The van der Waals surface area contributed by atoms with Gasteiger partial charge in [0, 0.05) is 9.90 Å². The highest BCUT2D eigenvalue weighted by Gasteiger charge is 2.17. The molecule has 0 saturated heterocycles. The molecule has 1 aromatic heterocycles. The molecule has 17 heavy (non-hydrogen) atoms. The molecule has 90 valence electrons. The van der Waals surface area contributed by atoms with E-state index in [0.29, 0.717) is 5.02 Å². The van der Waals surface area contributed by atoms with Crippen LogP contribution in [0.3, 0.4) is 0 Å². The minimum absolute atomic E-state index is 0.0631. The van der Waals surface area contributed by atoms with Gasteiger partial charge in [0.05, 0.1) is 9.16 Å². The van der Waals surface area contributed by atoms with E-state index in [1.807, 2.05) is 13.0 Å². The van der Waals surface area contributed by atoms with Crippen LogP contribution in [0.4, 0.5) is 4.39 Å². The Labute approximate surface area is 121 Å². The van der Waals surface area contributed by atoms with Crippen molar-refractivity contribution in [1.29, 1.82) is 0 Å². The molecule has 0 amide bonds. The summed E-state index contributed by atoms with van der Waals surface area (Å²) in [6.45, 7) is 1.95. The standard InChI is InChI=1S/C12H8BrCl2FS/c1-6-4-10(17-12(6)15)11(13)8-3-2-7(16)5-9(8)14/h2-5,11H,1H3. The molecule has 2 rings (SSSR count). The highest BCUT2D eigenvalue weighted by molar-refractivity contribution is 9.09. The van der Waals surface area contributed by atoms with Crippen LogP contribution < -0.4 is 0 Å². The lowest BCUT2D eigenvalue weighted by Crippen LogP contribution is -1.91. The van der Waals surface area contributed by atoms with Crippen LogP contribution in [0.25, 0.3) is 0 Å². The fourth-order valence-corrected chi connectivity index (χ4v) is 3.90. The van der Waals surface area contributed by atoms with Gasteiger partial charge in [-0.2, -0.15) is 0 Å². The van der Waals surface area contributed by atoms with Crippen molar-refractivity contribution in [3.8, 4) is 0 Å². The average molecular weight is 354 g/mol. The highest BCUT2D eigenvalue weighted by atomic mass is 79.9. The Morgan fingerprint density at radius 3 is 2.53 bits per heavy atom. The van der Waals surface area contributed by atoms with E-state index in [1.165, 1.54) is 23.5 Å². The topological polar surface area (TPSA) is 0 Å². The predicted molar refractivity (Wildman–Crippen MR) is 76.2 cm³/mol. The van der Waals surface area contributed by atoms with E-state index < -0.39 is 0 Å². The first kappa shape index (κ1) is 13.3. The van der Waals surface area contributed by atoms with Crippen molar-refractivity contribution in [2.24, 2.45) is 0 Å². The second-order valence-corrected chi connectivity index (χ2v) is 6.64. The van der Waals surface area contributed by atoms with Crippen molar-refractivity contribution in [2.45, 2.75) is 11.8 Å². The first-order valence-electron chi connectivity index (χ1n) is 4.84. The number of hydrogen-bond acceptors (Lipinski definition) is 1. The molecule has 0 spiro atoms. The minimum atomic E-state index is -0.334.